The van der Waals surface area contributed by atoms with Gasteiger partial charge in [0.1, 0.15) is 0 Å². The van der Waals surface area contributed by atoms with Gasteiger partial charge in [0.2, 0.25) is 0 Å². The fraction of sp³-hybridized carbons (Fsp3) is 0.238. The zero-order valence-corrected chi connectivity index (χ0v) is 17.1. The molecule has 1 aliphatic rings. The molecule has 1 heterocycles. The van der Waals surface area contributed by atoms with Gasteiger partial charge in [-0.25, -0.2) is 4.79 Å². The lowest BCUT2D eigenvalue weighted by Crippen LogP contribution is -2.45. The van der Waals surface area contributed by atoms with Crippen LogP contribution in [0.3, 0.4) is 0 Å². The number of phenols is 1. The van der Waals surface area contributed by atoms with E-state index in [-0.39, 0.29) is 17.4 Å². The highest BCUT2D eigenvalue weighted by molar-refractivity contribution is 6.31. The van der Waals surface area contributed by atoms with Crippen molar-refractivity contribution in [3.8, 4) is 11.5 Å². The first kappa shape index (κ1) is 20.5. The van der Waals surface area contributed by atoms with Crippen LogP contribution in [-0.4, -0.2) is 23.7 Å². The summed E-state index contributed by atoms with van der Waals surface area (Å²) in [5, 5.41) is 18.7. The number of hydrogen-bond donors (Lipinski definition) is 4. The third kappa shape index (κ3) is 4.46. The highest BCUT2D eigenvalue weighted by atomic mass is 35.5. The molecule has 8 heteroatoms. The van der Waals surface area contributed by atoms with Crippen LogP contribution >= 0.6 is 11.6 Å². The number of carbonyl (C=O) groups is 2. The molecule has 0 radical (unpaired) electrons. The third-order valence-corrected chi connectivity index (χ3v) is 4.97. The van der Waals surface area contributed by atoms with Crippen LogP contribution < -0.4 is 20.7 Å². The van der Waals surface area contributed by atoms with Crippen molar-refractivity contribution >= 4 is 29.2 Å². The molecule has 0 saturated heterocycles. The molecular weight excluding hydrogens is 394 g/mol. The molecule has 152 valence electrons. The van der Waals surface area contributed by atoms with Gasteiger partial charge in [0, 0.05) is 16.4 Å². The summed E-state index contributed by atoms with van der Waals surface area (Å²) in [5.41, 5.74) is 2.82. The average molecular weight is 416 g/mol. The van der Waals surface area contributed by atoms with Crippen molar-refractivity contribution in [1.29, 1.82) is 0 Å². The molecule has 2 aromatic rings. The van der Waals surface area contributed by atoms with E-state index in [0.717, 1.165) is 5.56 Å². The molecule has 7 nitrogen and oxygen atoms in total. The predicted octanol–water partition coefficient (Wildman–Crippen LogP) is 4.02. The Hall–Kier alpha value is -3.19. The number of urea groups is 1. The summed E-state index contributed by atoms with van der Waals surface area (Å²) in [6.07, 6.45) is 0. The Morgan fingerprint density at radius 1 is 1.24 bits per heavy atom. The van der Waals surface area contributed by atoms with Crippen LogP contribution in [0.4, 0.5) is 10.5 Å². The molecule has 0 saturated carbocycles. The molecule has 0 aromatic heterocycles. The first-order valence-corrected chi connectivity index (χ1v) is 9.49. The highest BCUT2D eigenvalue weighted by Gasteiger charge is 2.31. The van der Waals surface area contributed by atoms with Crippen LogP contribution in [0.5, 0.6) is 11.5 Å². The number of ether oxygens (including phenoxy) is 1. The summed E-state index contributed by atoms with van der Waals surface area (Å²) >= 11 is 6.15. The van der Waals surface area contributed by atoms with E-state index >= 15 is 0 Å². The van der Waals surface area contributed by atoms with E-state index in [2.05, 4.69) is 16.0 Å². The number of hydrogen-bond acceptors (Lipinski definition) is 4. The van der Waals surface area contributed by atoms with Crippen LogP contribution in [0, 0.1) is 6.92 Å². The second-order valence-electron chi connectivity index (χ2n) is 6.65. The maximum Gasteiger partial charge on any atom is 0.319 e. The molecule has 29 heavy (non-hydrogen) atoms. The Labute approximate surface area is 173 Å². The summed E-state index contributed by atoms with van der Waals surface area (Å²) in [5.74, 6) is -0.122. The Balaban J connectivity index is 1.96. The first-order valence-electron chi connectivity index (χ1n) is 9.11. The quantitative estimate of drug-likeness (QED) is 0.592. The van der Waals surface area contributed by atoms with Crippen molar-refractivity contribution in [3.63, 3.8) is 0 Å². The van der Waals surface area contributed by atoms with Crippen LogP contribution in [-0.2, 0) is 4.79 Å². The van der Waals surface area contributed by atoms with Gasteiger partial charge in [-0.05, 0) is 56.2 Å². The molecule has 0 bridgehead atoms. The van der Waals surface area contributed by atoms with E-state index in [1.54, 1.807) is 38.1 Å². The molecular formula is C21H22ClN3O4. The minimum absolute atomic E-state index is 0.0168. The highest BCUT2D eigenvalue weighted by Crippen LogP contribution is 2.34. The number of carbonyl (C=O) groups excluding carboxylic acids is 2. The fourth-order valence-electron chi connectivity index (χ4n) is 3.10. The topological polar surface area (TPSA) is 99.7 Å². The maximum absolute atomic E-state index is 13.1. The average Bonchev–Trinajstić information content (AvgIpc) is 2.66. The number of aryl methyl sites for hydroxylation is 1. The van der Waals surface area contributed by atoms with Crippen molar-refractivity contribution in [2.75, 3.05) is 11.9 Å². The number of amides is 3. The molecule has 0 spiro atoms. The molecule has 0 fully saturated rings. The summed E-state index contributed by atoms with van der Waals surface area (Å²) in [6, 6.07) is 8.81. The van der Waals surface area contributed by atoms with E-state index in [1.165, 1.54) is 6.07 Å². The van der Waals surface area contributed by atoms with Crippen molar-refractivity contribution in [2.24, 2.45) is 0 Å². The lowest BCUT2D eigenvalue weighted by atomic mass is 9.94. The predicted molar refractivity (Wildman–Crippen MR) is 111 cm³/mol. The largest absolute Gasteiger partial charge is 0.504 e. The summed E-state index contributed by atoms with van der Waals surface area (Å²) in [4.78, 5) is 25.1. The Morgan fingerprint density at radius 2 is 2.00 bits per heavy atom. The molecule has 4 N–H and O–H groups in total. The second-order valence-corrected chi connectivity index (χ2v) is 7.06. The molecule has 1 atom stereocenters. The Kier molecular flexibility index (Phi) is 5.98. The maximum atomic E-state index is 13.1. The lowest BCUT2D eigenvalue weighted by Gasteiger charge is -2.29. The molecule has 3 rings (SSSR count). The number of rotatable bonds is 5. The summed E-state index contributed by atoms with van der Waals surface area (Å²) in [7, 11) is 0. The zero-order chi connectivity index (χ0) is 21.1. The van der Waals surface area contributed by atoms with Crippen LogP contribution in [0.1, 0.15) is 31.0 Å². The van der Waals surface area contributed by atoms with Crippen LogP contribution in [0.2, 0.25) is 5.02 Å². The van der Waals surface area contributed by atoms with Crippen LogP contribution in [0.25, 0.3) is 0 Å². The number of halogens is 1. The fourth-order valence-corrected chi connectivity index (χ4v) is 3.28. The number of aromatic hydroxyl groups is 1. The summed E-state index contributed by atoms with van der Waals surface area (Å²) in [6.45, 7) is 5.70. The van der Waals surface area contributed by atoms with E-state index in [0.29, 0.717) is 34.2 Å². The monoisotopic (exact) mass is 415 g/mol. The minimum atomic E-state index is -0.718. The van der Waals surface area contributed by atoms with Crippen LogP contribution in [0.15, 0.2) is 47.7 Å². The van der Waals surface area contributed by atoms with Gasteiger partial charge in [0.25, 0.3) is 5.91 Å². The van der Waals surface area contributed by atoms with Gasteiger partial charge in [0.05, 0.1) is 18.2 Å². The lowest BCUT2D eigenvalue weighted by molar-refractivity contribution is -0.113. The second kappa shape index (κ2) is 8.45. The van der Waals surface area contributed by atoms with Crippen molar-refractivity contribution in [2.45, 2.75) is 26.8 Å². The van der Waals surface area contributed by atoms with Gasteiger partial charge in [-0.3, -0.25) is 4.79 Å². The van der Waals surface area contributed by atoms with Gasteiger partial charge in [-0.15, -0.1) is 0 Å². The molecule has 3 amide bonds. The third-order valence-electron chi connectivity index (χ3n) is 4.56. The minimum Gasteiger partial charge on any atom is -0.504 e. The van der Waals surface area contributed by atoms with Gasteiger partial charge >= 0.3 is 6.03 Å². The Morgan fingerprint density at radius 3 is 2.69 bits per heavy atom. The van der Waals surface area contributed by atoms with E-state index in [9.17, 15) is 14.7 Å². The van der Waals surface area contributed by atoms with E-state index in [1.807, 2.05) is 13.0 Å². The Bertz CT molecular complexity index is 1000. The SMILES string of the molecule is CCOc1cc([C@@H]2NC(=O)NC(C)=C2C(=O)Nc2ccc(C)c(Cl)c2)ccc1O. The standard InChI is InChI=1S/C21H22ClN3O4/c1-4-29-17-9-13(6-8-16(17)26)19-18(12(3)23-21(28)25-19)20(27)24-14-7-5-11(2)15(22)10-14/h5-10,19,26H,4H2,1-3H3,(H,24,27)(H2,23,25,28)/t19-/m0/s1. The van der Waals surface area contributed by atoms with Crippen molar-refractivity contribution < 1.29 is 19.4 Å². The molecule has 1 aliphatic heterocycles. The van der Waals surface area contributed by atoms with Gasteiger partial charge in [-0.1, -0.05) is 23.7 Å². The number of benzene rings is 2. The van der Waals surface area contributed by atoms with E-state index in [4.69, 9.17) is 16.3 Å². The summed E-state index contributed by atoms with van der Waals surface area (Å²) < 4.78 is 5.43. The smallest absolute Gasteiger partial charge is 0.319 e. The number of nitrogens with one attached hydrogen (secondary N) is 3. The molecule has 0 unspecified atom stereocenters. The molecule has 2 aromatic carbocycles. The van der Waals surface area contributed by atoms with Gasteiger partial charge in [-0.2, -0.15) is 0 Å². The normalized spacial score (nSPS) is 16.1. The van der Waals surface area contributed by atoms with Crippen molar-refractivity contribution in [3.05, 3.63) is 63.8 Å². The van der Waals surface area contributed by atoms with Crippen molar-refractivity contribution in [1.82, 2.24) is 10.6 Å². The van der Waals surface area contributed by atoms with Gasteiger partial charge < -0.3 is 25.8 Å². The number of anilines is 1. The first-order chi connectivity index (χ1) is 13.8. The van der Waals surface area contributed by atoms with E-state index < -0.39 is 12.1 Å². The zero-order valence-electron chi connectivity index (χ0n) is 16.3. The molecule has 0 aliphatic carbocycles. The number of allylic oxidation sites excluding steroid dienone is 1. The number of phenolic OH excluding ortho intramolecular Hbond substituents is 1. The van der Waals surface area contributed by atoms with Gasteiger partial charge in [0.15, 0.2) is 11.5 Å².